The molecule has 23 heavy (non-hydrogen) atoms. The number of amides is 2. The van der Waals surface area contributed by atoms with Crippen LogP contribution < -0.4 is 10.6 Å². The molecule has 3 N–H and O–H groups in total. The van der Waals surface area contributed by atoms with Crippen molar-refractivity contribution in [1.82, 2.24) is 9.69 Å². The van der Waals surface area contributed by atoms with Gasteiger partial charge in [0.1, 0.15) is 5.00 Å². The molecule has 1 atom stereocenters. The highest BCUT2D eigenvalue weighted by molar-refractivity contribution is 7.10. The average Bonchev–Trinajstić information content (AvgIpc) is 3.25. The van der Waals surface area contributed by atoms with E-state index in [-0.39, 0.29) is 12.6 Å². The molecule has 2 heterocycles. The number of carbonyl (C=O) groups excluding carboxylic acids is 1. The number of benzene rings is 1. The topological polar surface area (TPSA) is 74.2 Å². The largest absolute Gasteiger partial charge is 0.387 e. The van der Waals surface area contributed by atoms with Crippen LogP contribution >= 0.6 is 22.9 Å². The molecule has 0 saturated carbocycles. The van der Waals surface area contributed by atoms with E-state index >= 15 is 0 Å². The van der Waals surface area contributed by atoms with Gasteiger partial charge in [-0.2, -0.15) is 15.7 Å². The van der Waals surface area contributed by atoms with Crippen molar-refractivity contribution in [3.8, 4) is 11.3 Å². The summed E-state index contributed by atoms with van der Waals surface area (Å²) in [5.74, 6) is 0. The number of rotatable bonds is 5. The third kappa shape index (κ3) is 4.16. The molecule has 1 aromatic carbocycles. The summed E-state index contributed by atoms with van der Waals surface area (Å²) in [7, 11) is 0. The first kappa shape index (κ1) is 15.7. The lowest BCUT2D eigenvalue weighted by Crippen LogP contribution is -2.32. The van der Waals surface area contributed by atoms with E-state index in [1.165, 1.54) is 22.9 Å². The first-order valence-corrected chi connectivity index (χ1v) is 8.71. The standard InChI is InChI=1S/C16H15N3O2S2/c20-14(12-6-7-22-10-12)9-17-16(21)18-15-8-13(19-23-15)11-4-2-1-3-5-11/h1-8,10,14,20H,9H2,(H2,17,18,21). The van der Waals surface area contributed by atoms with Gasteiger partial charge in [-0.1, -0.05) is 30.3 Å². The number of nitrogens with zero attached hydrogens (tertiary/aromatic N) is 1. The van der Waals surface area contributed by atoms with E-state index in [0.29, 0.717) is 5.00 Å². The second-order valence-electron chi connectivity index (χ2n) is 4.85. The predicted octanol–water partition coefficient (Wildman–Crippen LogP) is 3.73. The number of thiophene rings is 1. The van der Waals surface area contributed by atoms with Crippen molar-refractivity contribution < 1.29 is 9.90 Å². The van der Waals surface area contributed by atoms with E-state index in [9.17, 15) is 9.90 Å². The molecule has 7 heteroatoms. The summed E-state index contributed by atoms with van der Waals surface area (Å²) in [5, 5.41) is 19.7. The van der Waals surface area contributed by atoms with Crippen LogP contribution in [0.25, 0.3) is 11.3 Å². The van der Waals surface area contributed by atoms with Crippen LogP contribution in [0.4, 0.5) is 9.80 Å². The van der Waals surface area contributed by atoms with Crippen molar-refractivity contribution in [2.75, 3.05) is 11.9 Å². The Balaban J connectivity index is 1.53. The van der Waals surface area contributed by atoms with Gasteiger partial charge >= 0.3 is 6.03 Å². The van der Waals surface area contributed by atoms with Crippen LogP contribution in [0.2, 0.25) is 0 Å². The van der Waals surface area contributed by atoms with Gasteiger partial charge < -0.3 is 10.4 Å². The third-order valence-corrected chi connectivity index (χ3v) is 4.61. The lowest BCUT2D eigenvalue weighted by atomic mass is 10.2. The zero-order valence-corrected chi connectivity index (χ0v) is 13.7. The Hall–Kier alpha value is -2.22. The fourth-order valence-corrected chi connectivity index (χ4v) is 3.37. The smallest absolute Gasteiger partial charge is 0.319 e. The monoisotopic (exact) mass is 345 g/mol. The van der Waals surface area contributed by atoms with Crippen LogP contribution in [0.1, 0.15) is 11.7 Å². The highest BCUT2D eigenvalue weighted by Gasteiger charge is 2.11. The van der Waals surface area contributed by atoms with Crippen LogP contribution in [-0.2, 0) is 0 Å². The molecule has 0 aliphatic heterocycles. The van der Waals surface area contributed by atoms with Gasteiger partial charge in [-0.05, 0) is 33.9 Å². The van der Waals surface area contributed by atoms with Gasteiger partial charge in [-0.15, -0.1) is 0 Å². The molecular formula is C16H15N3O2S2. The van der Waals surface area contributed by atoms with Crippen molar-refractivity contribution in [3.63, 3.8) is 0 Å². The second-order valence-corrected chi connectivity index (χ2v) is 6.43. The normalized spacial score (nSPS) is 11.9. The van der Waals surface area contributed by atoms with Gasteiger partial charge in [-0.3, -0.25) is 5.32 Å². The maximum Gasteiger partial charge on any atom is 0.319 e. The Morgan fingerprint density at radius 3 is 2.83 bits per heavy atom. The molecule has 0 saturated heterocycles. The summed E-state index contributed by atoms with van der Waals surface area (Å²) < 4.78 is 4.33. The summed E-state index contributed by atoms with van der Waals surface area (Å²) in [6, 6.07) is 13.1. The fourth-order valence-electron chi connectivity index (χ4n) is 2.01. The van der Waals surface area contributed by atoms with Crippen molar-refractivity contribution in [2.45, 2.75) is 6.10 Å². The number of hydrogen-bond donors (Lipinski definition) is 3. The summed E-state index contributed by atoms with van der Waals surface area (Å²) in [6.07, 6.45) is -0.701. The zero-order valence-electron chi connectivity index (χ0n) is 12.1. The molecule has 0 radical (unpaired) electrons. The maximum atomic E-state index is 11.9. The minimum absolute atomic E-state index is 0.160. The average molecular weight is 345 g/mol. The number of urea groups is 1. The van der Waals surface area contributed by atoms with E-state index in [4.69, 9.17) is 0 Å². The number of nitrogens with one attached hydrogen (secondary N) is 2. The van der Waals surface area contributed by atoms with Crippen LogP contribution in [0.3, 0.4) is 0 Å². The number of hydrogen-bond acceptors (Lipinski definition) is 5. The fraction of sp³-hybridized carbons (Fsp3) is 0.125. The van der Waals surface area contributed by atoms with E-state index in [1.807, 2.05) is 53.2 Å². The maximum absolute atomic E-state index is 11.9. The number of carbonyl (C=O) groups is 1. The molecule has 0 fully saturated rings. The number of anilines is 1. The Morgan fingerprint density at radius 1 is 1.26 bits per heavy atom. The Labute approximate surface area is 141 Å². The van der Waals surface area contributed by atoms with Crippen LogP contribution in [0.5, 0.6) is 0 Å². The van der Waals surface area contributed by atoms with Crippen molar-refractivity contribution in [2.24, 2.45) is 0 Å². The summed E-state index contributed by atoms with van der Waals surface area (Å²) >= 11 is 2.73. The van der Waals surface area contributed by atoms with E-state index in [1.54, 1.807) is 0 Å². The van der Waals surface area contributed by atoms with Gasteiger partial charge in [0.15, 0.2) is 0 Å². The Kier molecular flexibility index (Phi) is 5.02. The molecule has 2 amide bonds. The van der Waals surface area contributed by atoms with Gasteiger partial charge in [0.2, 0.25) is 0 Å². The Bertz CT molecular complexity index is 757. The molecule has 0 aliphatic carbocycles. The predicted molar refractivity (Wildman–Crippen MR) is 93.9 cm³/mol. The molecular weight excluding hydrogens is 330 g/mol. The summed E-state index contributed by atoms with van der Waals surface area (Å²) in [4.78, 5) is 11.9. The van der Waals surface area contributed by atoms with Crippen LogP contribution in [0, 0.1) is 0 Å². The van der Waals surface area contributed by atoms with E-state index in [2.05, 4.69) is 15.0 Å². The van der Waals surface area contributed by atoms with E-state index in [0.717, 1.165) is 16.8 Å². The first-order valence-electron chi connectivity index (χ1n) is 6.99. The van der Waals surface area contributed by atoms with Gasteiger partial charge in [-0.25, -0.2) is 4.79 Å². The molecule has 2 aromatic heterocycles. The third-order valence-electron chi connectivity index (χ3n) is 3.20. The molecule has 0 spiro atoms. The summed E-state index contributed by atoms with van der Waals surface area (Å²) in [5.41, 5.74) is 2.63. The van der Waals surface area contributed by atoms with Gasteiger partial charge in [0.25, 0.3) is 0 Å². The number of aliphatic hydroxyl groups excluding tert-OH is 1. The van der Waals surface area contributed by atoms with Crippen molar-refractivity contribution >= 4 is 33.9 Å². The van der Waals surface area contributed by atoms with E-state index < -0.39 is 6.10 Å². The Morgan fingerprint density at radius 2 is 2.09 bits per heavy atom. The van der Waals surface area contributed by atoms with Crippen molar-refractivity contribution in [3.05, 3.63) is 58.8 Å². The van der Waals surface area contributed by atoms with Gasteiger partial charge in [0.05, 0.1) is 11.8 Å². The molecule has 3 aromatic rings. The lowest BCUT2D eigenvalue weighted by molar-refractivity contribution is 0.175. The first-order chi connectivity index (χ1) is 11.2. The molecule has 5 nitrogen and oxygen atoms in total. The number of aliphatic hydroxyl groups is 1. The highest BCUT2D eigenvalue weighted by Crippen LogP contribution is 2.25. The lowest BCUT2D eigenvalue weighted by Gasteiger charge is -2.10. The van der Waals surface area contributed by atoms with Gasteiger partial charge in [0, 0.05) is 18.2 Å². The number of aromatic nitrogens is 1. The molecule has 118 valence electrons. The van der Waals surface area contributed by atoms with Crippen LogP contribution in [-0.4, -0.2) is 22.1 Å². The minimum Gasteiger partial charge on any atom is -0.387 e. The molecule has 0 bridgehead atoms. The highest BCUT2D eigenvalue weighted by atomic mass is 32.1. The van der Waals surface area contributed by atoms with Crippen molar-refractivity contribution in [1.29, 1.82) is 0 Å². The molecule has 1 unspecified atom stereocenters. The minimum atomic E-state index is -0.701. The summed E-state index contributed by atoms with van der Waals surface area (Å²) in [6.45, 7) is 0.160. The SMILES string of the molecule is O=C(NCC(O)c1ccsc1)Nc1cc(-c2ccccc2)ns1. The molecule has 3 rings (SSSR count). The van der Waals surface area contributed by atoms with Crippen LogP contribution in [0.15, 0.2) is 53.2 Å². The quantitative estimate of drug-likeness (QED) is 0.660. The zero-order chi connectivity index (χ0) is 16.1. The molecule has 0 aliphatic rings. The second kappa shape index (κ2) is 7.36.